The van der Waals surface area contributed by atoms with Crippen LogP contribution < -0.4 is 5.73 Å². The first kappa shape index (κ1) is 14.7. The number of hydrogen-bond acceptors (Lipinski definition) is 3. The molecule has 0 unspecified atom stereocenters. The summed E-state index contributed by atoms with van der Waals surface area (Å²) in [6.45, 7) is 5.53. The molecule has 4 nitrogen and oxygen atoms in total. The number of benzene rings is 1. The molecule has 3 N–H and O–H groups in total. The van der Waals surface area contributed by atoms with Crippen LogP contribution in [-0.2, 0) is 10.1 Å². The van der Waals surface area contributed by atoms with E-state index in [1.54, 1.807) is 12.1 Å². The van der Waals surface area contributed by atoms with E-state index >= 15 is 0 Å². The summed E-state index contributed by atoms with van der Waals surface area (Å²) in [6.07, 6.45) is 0. The fourth-order valence-corrected chi connectivity index (χ4v) is 2.31. The molecule has 0 aliphatic heterocycles. The Hall–Kier alpha value is -1.32. The molecule has 18 heavy (non-hydrogen) atoms. The average molecular weight is 313 g/mol. The Labute approximate surface area is 114 Å². The van der Waals surface area contributed by atoms with Crippen molar-refractivity contribution < 1.29 is 9.53 Å². The molecule has 0 aliphatic carbocycles. The molecule has 0 fully saturated rings. The number of rotatable bonds is 4. The van der Waals surface area contributed by atoms with Crippen molar-refractivity contribution in [2.45, 2.75) is 31.7 Å². The third-order valence-corrected chi connectivity index (χ3v) is 3.64. The van der Waals surface area contributed by atoms with E-state index in [1.165, 1.54) is 0 Å². The van der Waals surface area contributed by atoms with E-state index in [-0.39, 0.29) is 25.7 Å². The predicted octanol–water partition coefficient (Wildman–Crippen LogP) is 1.74. The quantitative estimate of drug-likeness (QED) is 0.385. The summed E-state index contributed by atoms with van der Waals surface area (Å²) in [4.78, 5) is 11.8. The Morgan fingerprint density at radius 3 is 2.33 bits per heavy atom. The van der Waals surface area contributed by atoms with Crippen LogP contribution in [0.2, 0.25) is 0 Å². The van der Waals surface area contributed by atoms with Crippen LogP contribution in [0.5, 0.6) is 0 Å². The van der Waals surface area contributed by atoms with Crippen LogP contribution in [0.15, 0.2) is 24.3 Å². The first-order chi connectivity index (χ1) is 8.28. The van der Waals surface area contributed by atoms with Gasteiger partial charge >= 0.3 is 113 Å². The van der Waals surface area contributed by atoms with Gasteiger partial charge in [0.25, 0.3) is 0 Å². The molecule has 0 amide bonds. The van der Waals surface area contributed by atoms with Gasteiger partial charge in [-0.25, -0.2) is 0 Å². The van der Waals surface area contributed by atoms with Crippen LogP contribution in [-0.4, -0.2) is 31.3 Å². The zero-order valence-corrected chi connectivity index (χ0v) is 12.5. The summed E-state index contributed by atoms with van der Waals surface area (Å²) in [5.41, 5.74) is 6.47. The number of amidine groups is 1. The normalized spacial score (nSPS) is 11.1. The predicted molar refractivity (Wildman–Crippen MR) is 73.0 cm³/mol. The van der Waals surface area contributed by atoms with Gasteiger partial charge in [0.15, 0.2) is 0 Å². The summed E-state index contributed by atoms with van der Waals surface area (Å²) in [5.74, 6) is -0.314. The molecule has 5 heteroatoms. The van der Waals surface area contributed by atoms with Crippen LogP contribution in [0.25, 0.3) is 0 Å². The molecule has 1 aromatic carbocycles. The molecule has 1 rings (SSSR count). The van der Waals surface area contributed by atoms with Gasteiger partial charge in [-0.2, -0.15) is 0 Å². The maximum atomic E-state index is 11.8. The first-order valence-corrected chi connectivity index (χ1v) is 7.64. The van der Waals surface area contributed by atoms with Crippen molar-refractivity contribution in [3.05, 3.63) is 35.4 Å². The number of ether oxygens (including phenoxy) is 1. The van der Waals surface area contributed by atoms with E-state index in [2.05, 4.69) is 0 Å². The van der Waals surface area contributed by atoms with Crippen LogP contribution in [0.1, 0.15) is 36.7 Å². The SMILES string of the molecule is CC(C)(C)OC(=O)c1ccc(C[Se]C(=N)N)cc1. The summed E-state index contributed by atoms with van der Waals surface area (Å²) in [5, 5.41) is 7.96. The molecule has 0 aliphatic rings. The molecule has 0 saturated heterocycles. The van der Waals surface area contributed by atoms with Crippen molar-refractivity contribution in [3.63, 3.8) is 0 Å². The number of nitrogens with two attached hydrogens (primary N) is 1. The number of esters is 1. The molecular weight excluding hydrogens is 295 g/mol. The second-order valence-electron chi connectivity index (χ2n) is 4.85. The van der Waals surface area contributed by atoms with Gasteiger partial charge < -0.3 is 0 Å². The van der Waals surface area contributed by atoms with E-state index < -0.39 is 5.60 Å². The monoisotopic (exact) mass is 314 g/mol. The van der Waals surface area contributed by atoms with Crippen molar-refractivity contribution in [2.75, 3.05) is 0 Å². The van der Waals surface area contributed by atoms with E-state index in [0.29, 0.717) is 5.56 Å². The molecule has 0 heterocycles. The topological polar surface area (TPSA) is 76.2 Å². The summed E-state index contributed by atoms with van der Waals surface area (Å²) < 4.78 is 5.51. The number of hydrogen-bond donors (Lipinski definition) is 2. The third-order valence-electron chi connectivity index (χ3n) is 1.98. The Morgan fingerprint density at radius 2 is 1.89 bits per heavy atom. The maximum absolute atomic E-state index is 11.8. The molecular formula is C13H18N2O2Se. The van der Waals surface area contributed by atoms with Gasteiger partial charge in [0.2, 0.25) is 0 Å². The van der Waals surface area contributed by atoms with Crippen molar-refractivity contribution >= 4 is 25.7 Å². The molecule has 0 saturated carbocycles. The first-order valence-electron chi connectivity index (χ1n) is 5.57. The Bertz CT molecular complexity index is 435. The molecule has 0 radical (unpaired) electrons. The van der Waals surface area contributed by atoms with Gasteiger partial charge in [0.1, 0.15) is 0 Å². The van der Waals surface area contributed by atoms with Gasteiger partial charge in [-0.15, -0.1) is 0 Å². The minimum absolute atomic E-state index is 0.00651. The molecule has 98 valence electrons. The van der Waals surface area contributed by atoms with Crippen molar-refractivity contribution in [1.29, 1.82) is 5.41 Å². The summed E-state index contributed by atoms with van der Waals surface area (Å²) >= 11 is -0.00651. The van der Waals surface area contributed by atoms with Gasteiger partial charge in [0, 0.05) is 0 Å². The second-order valence-corrected chi connectivity index (χ2v) is 6.99. The molecule has 0 atom stereocenters. The van der Waals surface area contributed by atoms with E-state index in [1.807, 2.05) is 32.9 Å². The summed E-state index contributed by atoms with van der Waals surface area (Å²) in [6, 6.07) is 7.26. The standard InChI is InChI=1S/C13H18N2O2Se/c1-13(2,3)17-11(16)10-6-4-9(5-7-10)8-18-12(14)15/h4-7H,8H2,1-3H3,(H3,14,15). The van der Waals surface area contributed by atoms with E-state index in [0.717, 1.165) is 10.9 Å². The fraction of sp³-hybridized carbons (Fsp3) is 0.385. The van der Waals surface area contributed by atoms with Crippen LogP contribution >= 0.6 is 0 Å². The summed E-state index contributed by atoms with van der Waals surface area (Å²) in [7, 11) is 0. The third kappa shape index (κ3) is 5.34. The van der Waals surface area contributed by atoms with E-state index in [9.17, 15) is 4.79 Å². The van der Waals surface area contributed by atoms with Gasteiger partial charge in [-0.1, -0.05) is 0 Å². The molecule has 1 aromatic rings. The van der Waals surface area contributed by atoms with Crippen molar-refractivity contribution in [1.82, 2.24) is 0 Å². The van der Waals surface area contributed by atoms with Crippen molar-refractivity contribution in [2.24, 2.45) is 5.73 Å². The van der Waals surface area contributed by atoms with Crippen molar-refractivity contribution in [3.8, 4) is 0 Å². The number of carbonyl (C=O) groups excluding carboxylic acids is 1. The van der Waals surface area contributed by atoms with Crippen LogP contribution in [0.4, 0.5) is 0 Å². The number of carbonyl (C=O) groups is 1. The van der Waals surface area contributed by atoms with Crippen LogP contribution in [0, 0.1) is 5.41 Å². The zero-order valence-electron chi connectivity index (χ0n) is 10.8. The zero-order chi connectivity index (χ0) is 13.8. The fourth-order valence-electron chi connectivity index (χ4n) is 1.24. The second kappa shape index (κ2) is 6.03. The Kier molecular flexibility index (Phi) is 4.93. The Morgan fingerprint density at radius 1 is 1.33 bits per heavy atom. The van der Waals surface area contributed by atoms with Gasteiger partial charge in [-0.05, 0) is 0 Å². The Balaban J connectivity index is 2.65. The van der Waals surface area contributed by atoms with Gasteiger partial charge in [-0.3, -0.25) is 0 Å². The van der Waals surface area contributed by atoms with Gasteiger partial charge in [0.05, 0.1) is 0 Å². The number of nitrogens with one attached hydrogen (secondary N) is 1. The van der Waals surface area contributed by atoms with Crippen LogP contribution in [0.3, 0.4) is 0 Å². The van der Waals surface area contributed by atoms with E-state index in [4.69, 9.17) is 15.9 Å². The molecule has 0 spiro atoms. The minimum atomic E-state index is -0.479. The molecule has 0 aromatic heterocycles. The molecule has 0 bridgehead atoms. The average Bonchev–Trinajstić information content (AvgIpc) is 2.24.